The van der Waals surface area contributed by atoms with Crippen LogP contribution in [0.3, 0.4) is 0 Å². The summed E-state index contributed by atoms with van der Waals surface area (Å²) in [4.78, 5) is 3.73. The summed E-state index contributed by atoms with van der Waals surface area (Å²) in [5.74, 6) is 0.921. The van der Waals surface area contributed by atoms with E-state index in [1.807, 2.05) is 13.0 Å². The molecule has 0 aromatic heterocycles. The first-order valence-electron chi connectivity index (χ1n) is 11.2. The van der Waals surface area contributed by atoms with Crippen LogP contribution in [0.5, 0.6) is 5.75 Å². The van der Waals surface area contributed by atoms with Gasteiger partial charge in [0.15, 0.2) is 14.7 Å². The molecule has 4 nitrogen and oxygen atoms in total. The van der Waals surface area contributed by atoms with E-state index >= 15 is 0 Å². The Balaban J connectivity index is 0.000000261. The summed E-state index contributed by atoms with van der Waals surface area (Å²) >= 11 is 0. The Labute approximate surface area is 211 Å². The molecular weight excluding hydrogens is 476 g/mol. The molecule has 0 fully saturated rings. The molecule has 0 aliphatic carbocycles. The molecule has 0 bridgehead atoms. The van der Waals surface area contributed by atoms with Gasteiger partial charge in [0.25, 0.3) is 0 Å². The molecule has 4 rings (SSSR count). The van der Waals surface area contributed by atoms with Crippen LogP contribution in [0.4, 0.5) is 0 Å². The minimum Gasteiger partial charge on any atom is -0.744 e. The Hall–Kier alpha value is -3.06. The first kappa shape index (κ1) is 26.5. The Kier molecular flexibility index (Phi) is 8.78. The molecule has 0 N–H and O–H groups in total. The SMILES string of the molecule is CC(C)(C)Oc1cccc([S+](c2ccccc2)c2ccccc2)c1.Cc1ccc(S(=O)(=O)[O-])cc1. The molecular formula is C29H30O4S2. The molecule has 35 heavy (non-hydrogen) atoms. The van der Waals surface area contributed by atoms with Crippen LogP contribution < -0.4 is 4.74 Å². The summed E-state index contributed by atoms with van der Waals surface area (Å²) in [6, 6.07) is 35.6. The predicted octanol–water partition coefficient (Wildman–Crippen LogP) is 6.86. The van der Waals surface area contributed by atoms with E-state index in [2.05, 4.69) is 99.6 Å². The lowest BCUT2D eigenvalue weighted by Gasteiger charge is -2.21. The third-order valence-corrected chi connectivity index (χ3v) is 7.79. The minimum atomic E-state index is -4.27. The summed E-state index contributed by atoms with van der Waals surface area (Å²) in [5.41, 5.74) is 0.730. The standard InChI is InChI=1S/C22H23OS.C7H8O3S/c1-22(2,3)23-18-11-10-16-21(17-18)24(19-12-6-4-7-13-19)20-14-8-5-9-15-20;1-6-2-4-7(5-3-6)11(8,9)10/h4-17H,1-3H3;2-5H,1H3,(H,8,9,10)/q+1;/p-1. The van der Waals surface area contributed by atoms with Crippen LogP contribution in [0.25, 0.3) is 0 Å². The normalized spacial score (nSPS) is 11.5. The molecule has 0 saturated carbocycles. The lowest BCUT2D eigenvalue weighted by molar-refractivity contribution is 0.130. The van der Waals surface area contributed by atoms with Crippen LogP contribution in [0.2, 0.25) is 0 Å². The van der Waals surface area contributed by atoms with E-state index in [0.717, 1.165) is 11.3 Å². The van der Waals surface area contributed by atoms with Crippen LogP contribution in [0.1, 0.15) is 26.3 Å². The van der Waals surface area contributed by atoms with Crippen molar-refractivity contribution in [1.29, 1.82) is 0 Å². The molecule has 0 radical (unpaired) electrons. The highest BCUT2D eigenvalue weighted by Gasteiger charge is 2.29. The molecule has 4 aromatic rings. The number of hydrogen-bond donors (Lipinski definition) is 0. The zero-order chi connectivity index (χ0) is 25.5. The summed E-state index contributed by atoms with van der Waals surface area (Å²) in [6.45, 7) is 8.05. The smallest absolute Gasteiger partial charge is 0.170 e. The second-order valence-electron chi connectivity index (χ2n) is 8.89. The third-order valence-electron chi connectivity index (χ3n) is 4.73. The van der Waals surface area contributed by atoms with Gasteiger partial charge in [-0.2, -0.15) is 0 Å². The third kappa shape index (κ3) is 8.28. The lowest BCUT2D eigenvalue weighted by Crippen LogP contribution is -2.23. The van der Waals surface area contributed by atoms with E-state index in [0.29, 0.717) is 0 Å². The molecule has 0 aliphatic rings. The van der Waals surface area contributed by atoms with Crippen molar-refractivity contribution in [3.63, 3.8) is 0 Å². The Morgan fingerprint density at radius 3 is 1.63 bits per heavy atom. The second kappa shape index (κ2) is 11.6. The largest absolute Gasteiger partial charge is 0.744 e. The van der Waals surface area contributed by atoms with Gasteiger partial charge in [0.2, 0.25) is 0 Å². The van der Waals surface area contributed by atoms with E-state index < -0.39 is 10.1 Å². The van der Waals surface area contributed by atoms with E-state index in [1.54, 1.807) is 12.1 Å². The van der Waals surface area contributed by atoms with E-state index in [4.69, 9.17) is 4.74 Å². The van der Waals surface area contributed by atoms with Crippen molar-refractivity contribution < 1.29 is 17.7 Å². The van der Waals surface area contributed by atoms with Crippen molar-refractivity contribution >= 4 is 21.0 Å². The van der Waals surface area contributed by atoms with Gasteiger partial charge >= 0.3 is 0 Å². The average molecular weight is 507 g/mol. The lowest BCUT2D eigenvalue weighted by atomic mass is 10.2. The van der Waals surface area contributed by atoms with Crippen molar-refractivity contribution in [2.45, 2.75) is 52.9 Å². The molecule has 0 atom stereocenters. The fraction of sp³-hybridized carbons (Fsp3) is 0.172. The quantitative estimate of drug-likeness (QED) is 0.219. The number of ether oxygens (including phenoxy) is 1. The molecule has 0 unspecified atom stereocenters. The zero-order valence-corrected chi connectivity index (χ0v) is 22.0. The van der Waals surface area contributed by atoms with E-state index in [9.17, 15) is 13.0 Å². The van der Waals surface area contributed by atoms with Gasteiger partial charge in [-0.1, -0.05) is 60.2 Å². The molecule has 182 valence electrons. The summed E-state index contributed by atoms with van der Waals surface area (Å²) < 4.78 is 37.2. The Morgan fingerprint density at radius 2 is 1.17 bits per heavy atom. The van der Waals surface area contributed by atoms with Crippen molar-refractivity contribution in [3.8, 4) is 5.75 Å². The predicted molar refractivity (Wildman–Crippen MR) is 141 cm³/mol. The fourth-order valence-electron chi connectivity index (χ4n) is 3.24. The van der Waals surface area contributed by atoms with Gasteiger partial charge in [-0.25, -0.2) is 8.42 Å². The summed E-state index contributed by atoms with van der Waals surface area (Å²) in [5, 5.41) is 0. The molecule has 0 saturated heterocycles. The maximum atomic E-state index is 10.4. The van der Waals surface area contributed by atoms with E-state index in [1.165, 1.54) is 26.8 Å². The number of aryl methyl sites for hydroxylation is 1. The number of rotatable bonds is 5. The molecule has 6 heteroatoms. The number of hydrogen-bond acceptors (Lipinski definition) is 4. The van der Waals surface area contributed by atoms with Gasteiger partial charge in [0.1, 0.15) is 21.5 Å². The average Bonchev–Trinajstić information content (AvgIpc) is 2.80. The summed E-state index contributed by atoms with van der Waals surface area (Å²) in [6.07, 6.45) is 0. The topological polar surface area (TPSA) is 66.4 Å². The maximum Gasteiger partial charge on any atom is 0.170 e. The molecule has 0 amide bonds. The van der Waals surface area contributed by atoms with Crippen molar-refractivity contribution in [2.24, 2.45) is 0 Å². The fourth-order valence-corrected chi connectivity index (χ4v) is 5.84. The van der Waals surface area contributed by atoms with Crippen LogP contribution in [0, 0.1) is 6.92 Å². The monoisotopic (exact) mass is 506 g/mol. The van der Waals surface area contributed by atoms with Crippen LogP contribution >= 0.6 is 0 Å². The first-order valence-corrected chi connectivity index (χ1v) is 13.8. The highest BCUT2D eigenvalue weighted by molar-refractivity contribution is 7.97. The highest BCUT2D eigenvalue weighted by atomic mass is 32.2. The molecule has 0 heterocycles. The molecule has 4 aromatic carbocycles. The maximum absolute atomic E-state index is 10.4. The Bertz CT molecular complexity index is 1270. The van der Waals surface area contributed by atoms with E-state index in [-0.39, 0.29) is 21.4 Å². The first-order chi connectivity index (χ1) is 16.5. The summed E-state index contributed by atoms with van der Waals surface area (Å²) in [7, 11) is -4.40. The van der Waals surface area contributed by atoms with Crippen LogP contribution in [-0.4, -0.2) is 18.6 Å². The van der Waals surface area contributed by atoms with Gasteiger partial charge in [-0.05, 0) is 76.2 Å². The van der Waals surface area contributed by atoms with Gasteiger partial charge in [0.05, 0.1) is 15.8 Å². The molecule has 0 spiro atoms. The minimum absolute atomic E-state index is 0.133. The zero-order valence-electron chi connectivity index (χ0n) is 20.3. The second-order valence-corrected chi connectivity index (χ2v) is 12.3. The van der Waals surface area contributed by atoms with Crippen molar-refractivity contribution in [3.05, 3.63) is 115 Å². The highest BCUT2D eigenvalue weighted by Crippen LogP contribution is 2.33. The van der Waals surface area contributed by atoms with Crippen molar-refractivity contribution in [1.82, 2.24) is 0 Å². The van der Waals surface area contributed by atoms with Gasteiger partial charge in [-0.15, -0.1) is 0 Å². The molecule has 0 aliphatic heterocycles. The van der Waals surface area contributed by atoms with Gasteiger partial charge in [-0.3, -0.25) is 0 Å². The van der Waals surface area contributed by atoms with Gasteiger partial charge < -0.3 is 9.29 Å². The van der Waals surface area contributed by atoms with Crippen molar-refractivity contribution in [2.75, 3.05) is 0 Å². The Morgan fingerprint density at radius 1 is 0.686 bits per heavy atom. The van der Waals surface area contributed by atoms with Crippen LogP contribution in [0.15, 0.2) is 129 Å². The van der Waals surface area contributed by atoms with Crippen LogP contribution in [-0.2, 0) is 21.0 Å². The van der Waals surface area contributed by atoms with Gasteiger partial charge in [0, 0.05) is 6.07 Å². The number of benzene rings is 4.